The van der Waals surface area contributed by atoms with E-state index in [0.717, 1.165) is 0 Å². The fourth-order valence-corrected chi connectivity index (χ4v) is 5.06. The third-order valence-electron chi connectivity index (χ3n) is 6.84. The second-order valence-corrected chi connectivity index (χ2v) is 11.7. The number of carbonyl (C=O) groups excluding carboxylic acids is 2. The predicted molar refractivity (Wildman–Crippen MR) is 138 cm³/mol. The van der Waals surface area contributed by atoms with Gasteiger partial charge in [0.2, 0.25) is 11.8 Å². The van der Waals surface area contributed by atoms with Crippen molar-refractivity contribution in [2.75, 3.05) is 65.9 Å². The largest absolute Gasteiger partial charge is 0.377 e. The van der Waals surface area contributed by atoms with E-state index in [1.807, 2.05) is 55.4 Å². The fourth-order valence-electron chi connectivity index (χ4n) is 4.73. The third kappa shape index (κ3) is 6.64. The predicted octanol–water partition coefficient (Wildman–Crippen LogP) is 2.68. The average molecular weight is 556 g/mol. The van der Waals surface area contributed by atoms with Crippen molar-refractivity contribution in [3.63, 3.8) is 0 Å². The molecule has 210 valence electrons. The van der Waals surface area contributed by atoms with E-state index in [1.165, 1.54) is 0 Å². The highest BCUT2D eigenvalue weighted by atomic mass is 35.5. The first-order valence-corrected chi connectivity index (χ1v) is 13.2. The minimum Gasteiger partial charge on any atom is -0.377 e. The van der Waals surface area contributed by atoms with Crippen molar-refractivity contribution in [2.24, 2.45) is 0 Å². The molecule has 0 aliphatic carbocycles. The van der Waals surface area contributed by atoms with E-state index in [4.69, 9.17) is 42.5 Å². The van der Waals surface area contributed by atoms with Crippen LogP contribution in [-0.4, -0.2) is 119 Å². The highest BCUT2D eigenvalue weighted by molar-refractivity contribution is 6.17. The molecule has 0 aromatic rings. The van der Waals surface area contributed by atoms with Crippen molar-refractivity contribution in [3.8, 4) is 0 Å². The Bertz CT molecular complexity index is 703. The maximum atomic E-state index is 12.6. The van der Waals surface area contributed by atoms with Crippen LogP contribution in [0.4, 0.5) is 0 Å². The summed E-state index contributed by atoms with van der Waals surface area (Å²) in [7, 11) is 0. The lowest BCUT2D eigenvalue weighted by Crippen LogP contribution is -2.47. The van der Waals surface area contributed by atoms with E-state index in [1.54, 1.807) is 18.6 Å². The van der Waals surface area contributed by atoms with Gasteiger partial charge in [-0.05, 0) is 78.9 Å². The Morgan fingerprint density at radius 1 is 0.528 bits per heavy atom. The topological polar surface area (TPSA) is 84.0 Å². The molecule has 0 radical (unpaired) electrons. The summed E-state index contributed by atoms with van der Waals surface area (Å²) in [4.78, 5) is 28.7. The second kappa shape index (κ2) is 12.4. The summed E-state index contributed by atoms with van der Waals surface area (Å²) in [5, 5.41) is 0. The van der Waals surface area contributed by atoms with Gasteiger partial charge in [0.25, 0.3) is 0 Å². The summed E-state index contributed by atoms with van der Waals surface area (Å²) in [5.74, 6) is -0.0228. The molecule has 0 aromatic heterocycles. The molecule has 0 atom stereocenters. The van der Waals surface area contributed by atoms with Crippen LogP contribution in [0.2, 0.25) is 0 Å². The van der Waals surface area contributed by atoms with Crippen molar-refractivity contribution in [2.45, 2.75) is 77.8 Å². The summed E-state index contributed by atoms with van der Waals surface area (Å²) in [6.07, 6.45) is 0. The van der Waals surface area contributed by atoms with Crippen LogP contribution in [0.3, 0.4) is 0 Å². The molecule has 0 bridgehead atoms. The molecule has 2 aliphatic heterocycles. The number of hydrogen-bond acceptors (Lipinski definition) is 8. The van der Waals surface area contributed by atoms with E-state index >= 15 is 0 Å². The SMILES string of the molecule is CC1(C)C(=O)N(CCOCCOCCOCCOCCN2C(=O)C(C)(C)N(Cl)C2(C)C)C(C)(C)N1Cl. The number of ether oxygens (including phenoxy) is 4. The molecule has 12 heteroatoms. The quantitative estimate of drug-likeness (QED) is 0.225. The van der Waals surface area contributed by atoms with Gasteiger partial charge in [-0.1, -0.05) is 0 Å². The van der Waals surface area contributed by atoms with Crippen LogP contribution in [0.5, 0.6) is 0 Å². The maximum Gasteiger partial charge on any atom is 0.245 e. The standard InChI is InChI=1S/C24H44Cl2N4O6/c1-21(2)19(31)27(23(5,6)29(21)25)9-11-33-13-15-35-17-18-36-16-14-34-12-10-28-20(32)22(3,4)30(26)24(28,7)8/h9-18H2,1-8H3. The monoisotopic (exact) mass is 554 g/mol. The average Bonchev–Trinajstić information content (AvgIpc) is 2.99. The number of amides is 2. The lowest BCUT2D eigenvalue weighted by Gasteiger charge is -2.35. The van der Waals surface area contributed by atoms with Gasteiger partial charge in [0.05, 0.1) is 52.9 Å². The molecule has 0 unspecified atom stereocenters. The van der Waals surface area contributed by atoms with Gasteiger partial charge in [-0.3, -0.25) is 9.59 Å². The first-order valence-electron chi connectivity index (χ1n) is 12.5. The number of hydrogen-bond donors (Lipinski definition) is 0. The molecule has 10 nitrogen and oxygen atoms in total. The minimum atomic E-state index is -0.744. The Balaban J connectivity index is 1.45. The molecule has 0 saturated carbocycles. The maximum absolute atomic E-state index is 12.6. The Labute approximate surface area is 226 Å². The Morgan fingerprint density at radius 3 is 1.00 bits per heavy atom. The normalized spacial score (nSPS) is 23.3. The van der Waals surface area contributed by atoms with Crippen LogP contribution in [0.25, 0.3) is 0 Å². The van der Waals surface area contributed by atoms with Gasteiger partial charge in [0.15, 0.2) is 0 Å². The Hall–Kier alpha value is -0.720. The van der Waals surface area contributed by atoms with E-state index < -0.39 is 22.4 Å². The lowest BCUT2D eigenvalue weighted by molar-refractivity contribution is -0.135. The smallest absolute Gasteiger partial charge is 0.245 e. The Morgan fingerprint density at radius 2 is 0.778 bits per heavy atom. The molecule has 0 spiro atoms. The van der Waals surface area contributed by atoms with Crippen molar-refractivity contribution in [1.82, 2.24) is 18.6 Å². The van der Waals surface area contributed by atoms with E-state index in [9.17, 15) is 9.59 Å². The summed E-state index contributed by atoms with van der Waals surface area (Å²) >= 11 is 12.7. The molecule has 2 saturated heterocycles. The molecule has 2 aliphatic rings. The molecule has 2 fully saturated rings. The summed E-state index contributed by atoms with van der Waals surface area (Å²) < 4.78 is 25.4. The van der Waals surface area contributed by atoms with Crippen molar-refractivity contribution in [1.29, 1.82) is 0 Å². The molecule has 2 heterocycles. The van der Waals surface area contributed by atoms with Gasteiger partial charge in [0, 0.05) is 13.1 Å². The van der Waals surface area contributed by atoms with Crippen LogP contribution < -0.4 is 0 Å². The molecule has 2 amide bonds. The Kier molecular flexibility index (Phi) is 10.9. The van der Waals surface area contributed by atoms with E-state index in [0.29, 0.717) is 65.9 Å². The van der Waals surface area contributed by atoms with Gasteiger partial charge in [-0.2, -0.15) is 8.84 Å². The van der Waals surface area contributed by atoms with Crippen molar-refractivity contribution in [3.05, 3.63) is 0 Å². The number of rotatable bonds is 15. The zero-order chi connectivity index (χ0) is 27.4. The minimum absolute atomic E-state index is 0.0114. The van der Waals surface area contributed by atoms with Crippen LogP contribution in [0, 0.1) is 0 Å². The summed E-state index contributed by atoms with van der Waals surface area (Å²) in [6, 6.07) is 0. The third-order valence-corrected chi connectivity index (χ3v) is 8.51. The van der Waals surface area contributed by atoms with E-state index in [-0.39, 0.29) is 11.8 Å². The first-order chi connectivity index (χ1) is 16.6. The molecular formula is C24H44Cl2N4O6. The van der Waals surface area contributed by atoms with Crippen LogP contribution in [-0.2, 0) is 28.5 Å². The van der Waals surface area contributed by atoms with Gasteiger partial charge in [-0.15, -0.1) is 0 Å². The zero-order valence-electron chi connectivity index (χ0n) is 23.1. The highest BCUT2D eigenvalue weighted by Gasteiger charge is 2.56. The highest BCUT2D eigenvalue weighted by Crippen LogP contribution is 2.40. The lowest BCUT2D eigenvalue weighted by atomic mass is 10.1. The van der Waals surface area contributed by atoms with E-state index in [2.05, 4.69) is 0 Å². The van der Waals surface area contributed by atoms with Crippen molar-refractivity contribution >= 4 is 35.4 Å². The van der Waals surface area contributed by atoms with Gasteiger partial charge < -0.3 is 28.7 Å². The second-order valence-electron chi connectivity index (χ2n) is 11.0. The number of halogens is 2. The number of carbonyl (C=O) groups is 2. The van der Waals surface area contributed by atoms with Gasteiger partial charge in [-0.25, -0.2) is 0 Å². The van der Waals surface area contributed by atoms with Gasteiger partial charge in [0.1, 0.15) is 22.4 Å². The molecule has 0 aromatic carbocycles. The molecule has 36 heavy (non-hydrogen) atoms. The molecule has 0 N–H and O–H groups in total. The van der Waals surface area contributed by atoms with Crippen LogP contribution in [0.15, 0.2) is 0 Å². The molecule has 2 rings (SSSR count). The fraction of sp³-hybridized carbons (Fsp3) is 0.917. The summed E-state index contributed by atoms with van der Waals surface area (Å²) in [5.41, 5.74) is -2.64. The van der Waals surface area contributed by atoms with Crippen molar-refractivity contribution < 1.29 is 28.5 Å². The van der Waals surface area contributed by atoms with Crippen LogP contribution in [0.1, 0.15) is 55.4 Å². The zero-order valence-corrected chi connectivity index (χ0v) is 24.6. The van der Waals surface area contributed by atoms with Gasteiger partial charge >= 0.3 is 0 Å². The molecular weight excluding hydrogens is 511 g/mol. The van der Waals surface area contributed by atoms with Crippen LogP contribution >= 0.6 is 23.6 Å². The summed E-state index contributed by atoms with van der Waals surface area (Å²) in [6.45, 7) is 19.4. The first kappa shape index (κ1) is 31.5. The number of nitrogens with zero attached hydrogens (tertiary/aromatic N) is 4.